The van der Waals surface area contributed by atoms with E-state index in [-0.39, 0.29) is 21.7 Å². The van der Waals surface area contributed by atoms with Gasteiger partial charge in [0.2, 0.25) is 0 Å². The minimum atomic E-state index is -3.28. The van der Waals surface area contributed by atoms with Crippen molar-refractivity contribution in [2.75, 3.05) is 0 Å². The van der Waals surface area contributed by atoms with Gasteiger partial charge in [-0.1, -0.05) is 0 Å². The van der Waals surface area contributed by atoms with Crippen molar-refractivity contribution in [3.8, 4) is 11.1 Å². The molecule has 296 valence electrons. The summed E-state index contributed by atoms with van der Waals surface area (Å²) in [5.41, 5.74) is 14.3. The van der Waals surface area contributed by atoms with Crippen molar-refractivity contribution in [2.45, 2.75) is 118 Å². The van der Waals surface area contributed by atoms with E-state index < -0.39 is 21.3 Å². The van der Waals surface area contributed by atoms with E-state index >= 15 is 0 Å². The van der Waals surface area contributed by atoms with E-state index in [1.807, 2.05) is 0 Å². The van der Waals surface area contributed by atoms with Crippen LogP contribution >= 0.6 is 23.2 Å². The van der Waals surface area contributed by atoms with Gasteiger partial charge in [0.05, 0.1) is 0 Å². The molecule has 0 fully saturated rings. The van der Waals surface area contributed by atoms with Crippen molar-refractivity contribution in [1.29, 1.82) is 0 Å². The summed E-state index contributed by atoms with van der Waals surface area (Å²) in [4.78, 5) is 0. The summed E-state index contributed by atoms with van der Waals surface area (Å²) in [6.07, 6.45) is 9.12. The molecule has 0 unspecified atom stereocenters. The molecule has 0 heterocycles. The molecular weight excluding hydrogens is 823 g/mol. The van der Waals surface area contributed by atoms with Gasteiger partial charge in [-0.15, -0.1) is 0 Å². The van der Waals surface area contributed by atoms with Crippen LogP contribution in [0.1, 0.15) is 134 Å². The fourth-order valence-corrected chi connectivity index (χ4v) is 19.4. The number of fused-ring (bicyclic) bond motifs is 5. The number of hydrogen-bond acceptors (Lipinski definition) is 0. The summed E-state index contributed by atoms with van der Waals surface area (Å²) in [6.45, 7) is 29.0. The summed E-state index contributed by atoms with van der Waals surface area (Å²) in [5.74, 6) is 0. The van der Waals surface area contributed by atoms with Gasteiger partial charge in [0.15, 0.2) is 0 Å². The molecule has 0 N–H and O–H groups in total. The number of halogens is 2. The average molecular weight is 881 g/mol. The van der Waals surface area contributed by atoms with E-state index in [2.05, 4.69) is 192 Å². The second kappa shape index (κ2) is 14.7. The van der Waals surface area contributed by atoms with Crippen LogP contribution in [0.2, 0.25) is 10.0 Å². The molecule has 0 aromatic heterocycles. The van der Waals surface area contributed by atoms with Crippen LogP contribution in [0, 0.1) is 0 Å². The molecule has 8 rings (SSSR count). The van der Waals surface area contributed by atoms with E-state index in [1.165, 1.54) is 58.5 Å². The molecule has 6 aromatic rings. The number of rotatable bonds is 4. The number of benzene rings is 6. The van der Waals surface area contributed by atoms with E-state index in [1.54, 1.807) is 17.7 Å². The Morgan fingerprint density at radius 2 is 1.02 bits per heavy atom. The van der Waals surface area contributed by atoms with E-state index in [0.29, 0.717) is 0 Å². The summed E-state index contributed by atoms with van der Waals surface area (Å²) in [6, 6.07) is 34.3. The van der Waals surface area contributed by atoms with Gasteiger partial charge in [-0.05, 0) is 0 Å². The predicted octanol–water partition coefficient (Wildman–Crippen LogP) is 15.4. The van der Waals surface area contributed by atoms with E-state index in [9.17, 15) is 0 Å². The predicted molar refractivity (Wildman–Crippen MR) is 252 cm³/mol. The fraction of sp³-hybridized carbons (Fsp3) is 0.327. The van der Waals surface area contributed by atoms with Crippen molar-refractivity contribution in [1.82, 2.24) is 0 Å². The van der Waals surface area contributed by atoms with Crippen LogP contribution in [0.5, 0.6) is 0 Å². The van der Waals surface area contributed by atoms with Crippen molar-refractivity contribution in [2.24, 2.45) is 0 Å². The summed E-state index contributed by atoms with van der Waals surface area (Å²) < 4.78 is 4.76. The maximum atomic E-state index is 7.06. The Balaban J connectivity index is 1.64. The third kappa shape index (κ3) is 7.20. The van der Waals surface area contributed by atoms with Crippen molar-refractivity contribution < 1.29 is 21.3 Å². The second-order valence-corrected chi connectivity index (χ2v) is 27.5. The van der Waals surface area contributed by atoms with Crippen LogP contribution in [-0.4, -0.2) is 3.21 Å². The fourth-order valence-electron chi connectivity index (χ4n) is 9.72. The Labute approximate surface area is 365 Å². The molecule has 0 bridgehead atoms. The van der Waals surface area contributed by atoms with Gasteiger partial charge in [0.1, 0.15) is 0 Å². The van der Waals surface area contributed by atoms with Gasteiger partial charge >= 0.3 is 368 Å². The first-order valence-electron chi connectivity index (χ1n) is 21.0. The molecule has 0 atom stereocenters. The zero-order valence-corrected chi connectivity index (χ0v) is 40.5. The van der Waals surface area contributed by atoms with Crippen LogP contribution in [0.3, 0.4) is 0 Å². The van der Waals surface area contributed by atoms with Gasteiger partial charge in [-0.25, -0.2) is 0 Å². The third-order valence-electron chi connectivity index (χ3n) is 12.4. The van der Waals surface area contributed by atoms with Crippen molar-refractivity contribution >= 4 is 51.2 Å². The van der Waals surface area contributed by atoms with Gasteiger partial charge < -0.3 is 0 Å². The molecular formula is C55H58Cl2Zr. The zero-order chi connectivity index (χ0) is 41.7. The van der Waals surface area contributed by atoms with Crippen LogP contribution in [0.25, 0.3) is 32.7 Å². The molecule has 0 spiro atoms. The first-order valence-corrected chi connectivity index (χ1v) is 25.5. The Hall–Kier alpha value is -3.35. The molecule has 3 heteroatoms. The minimum absolute atomic E-state index is 0.00884. The Bertz CT molecular complexity index is 2670. The van der Waals surface area contributed by atoms with E-state index in [4.69, 9.17) is 23.2 Å². The first kappa shape index (κ1) is 41.4. The van der Waals surface area contributed by atoms with Crippen molar-refractivity contribution in [3.63, 3.8) is 0 Å². The molecule has 2 aliphatic rings. The van der Waals surface area contributed by atoms with Crippen LogP contribution < -0.4 is 3.27 Å². The number of hydrogen-bond donors (Lipinski definition) is 0. The monoisotopic (exact) mass is 878 g/mol. The molecule has 2 aliphatic carbocycles. The maximum absolute atomic E-state index is 7.06. The molecule has 0 saturated carbocycles. The first-order chi connectivity index (χ1) is 27.2. The topological polar surface area (TPSA) is 0 Å². The van der Waals surface area contributed by atoms with Gasteiger partial charge in [0, 0.05) is 0 Å². The van der Waals surface area contributed by atoms with Gasteiger partial charge in [-0.2, -0.15) is 0 Å². The SMILES string of the molecule is CC(C)(C)c1cc2c(cc1C(C)(C)C)-c1cc(C(C)(C)C)c(C(C)(C)C)[c]([Zr]([C]3=CC=CC3)=[C](c3ccc(Cl)c4ccccc34)c3ccc(Cl)c4ccccc34)c1C2. The second-order valence-electron chi connectivity index (χ2n) is 20.8. The van der Waals surface area contributed by atoms with Gasteiger partial charge in [0.25, 0.3) is 0 Å². The Morgan fingerprint density at radius 3 is 1.48 bits per heavy atom. The Morgan fingerprint density at radius 1 is 0.534 bits per heavy atom. The molecule has 0 aliphatic heterocycles. The quantitative estimate of drug-likeness (QED) is 0.165. The summed E-state index contributed by atoms with van der Waals surface area (Å²) in [5, 5.41) is 6.19. The normalized spacial score (nSPS) is 14.3. The molecule has 6 aromatic carbocycles. The summed E-state index contributed by atoms with van der Waals surface area (Å²) >= 11 is 10.8. The average Bonchev–Trinajstić information content (AvgIpc) is 3.81. The molecule has 58 heavy (non-hydrogen) atoms. The van der Waals surface area contributed by atoms with E-state index in [0.717, 1.165) is 33.7 Å². The third-order valence-corrected chi connectivity index (χ3v) is 20.7. The molecule has 0 nitrogen and oxygen atoms in total. The standard InChI is InChI=1S/C29H41.C21H12Cl2.C5H5.Zr/c1-26(2,3)22-14-18-13-19-15-23(27(4,5)6)25(29(10,11)12)17-21(19)20(18)16-24(22)28(7,8)9;22-20-11-9-14(16-5-1-3-7-18(16)20)13-15-10-12-21(23)19-8-4-2-6-17(15)19;1-2-4-5-3-1;/h14,16-17H,13H2,1-12H3;1-12H;1-3H,4H2;. The molecule has 0 amide bonds. The molecule has 0 radical (unpaired) electrons. The Kier molecular flexibility index (Phi) is 10.5. The van der Waals surface area contributed by atoms with Crippen LogP contribution in [0.4, 0.5) is 0 Å². The molecule has 0 saturated heterocycles. The zero-order valence-electron chi connectivity index (χ0n) is 36.6. The number of allylic oxidation sites excluding steroid dienone is 4. The van der Waals surface area contributed by atoms with Gasteiger partial charge in [-0.3, -0.25) is 0 Å². The van der Waals surface area contributed by atoms with Crippen LogP contribution in [0.15, 0.2) is 113 Å². The summed E-state index contributed by atoms with van der Waals surface area (Å²) in [7, 11) is 0. The van der Waals surface area contributed by atoms with Crippen LogP contribution in [-0.2, 0) is 49.3 Å². The van der Waals surface area contributed by atoms with Crippen molar-refractivity contribution in [3.05, 3.63) is 167 Å².